The van der Waals surface area contributed by atoms with Crippen LogP contribution in [0.2, 0.25) is 0 Å². The van der Waals surface area contributed by atoms with E-state index >= 15 is 0 Å². The fourth-order valence-electron chi connectivity index (χ4n) is 2.47. The number of aromatic hydroxyl groups is 1. The fourth-order valence-corrected chi connectivity index (χ4v) is 2.47. The number of cyclic esters (lactones) is 1. The van der Waals surface area contributed by atoms with Gasteiger partial charge in [-0.25, -0.2) is 4.79 Å². The van der Waals surface area contributed by atoms with Crippen LogP contribution >= 0.6 is 0 Å². The van der Waals surface area contributed by atoms with Crippen molar-refractivity contribution in [2.24, 2.45) is 0 Å². The molecule has 0 aromatic heterocycles. The van der Waals surface area contributed by atoms with E-state index in [1.807, 2.05) is 0 Å². The number of carbonyl (C=O) groups is 1. The molecule has 1 N–H and O–H groups in total. The summed E-state index contributed by atoms with van der Waals surface area (Å²) in [6.45, 7) is -2.87. The SMILES string of the molecule is COc1c(OC(F)F)ccc(-c2ccc3c(c2)COC3=O)c1O. The van der Waals surface area contributed by atoms with Gasteiger partial charge in [-0.2, -0.15) is 8.78 Å². The van der Waals surface area contributed by atoms with Crippen molar-refractivity contribution >= 4 is 5.97 Å². The molecule has 2 aromatic carbocycles. The van der Waals surface area contributed by atoms with Crippen molar-refractivity contribution in [2.75, 3.05) is 7.11 Å². The molecule has 1 aliphatic heterocycles. The minimum absolute atomic E-state index is 0.159. The number of alkyl halides is 2. The maximum atomic E-state index is 12.4. The molecule has 0 saturated carbocycles. The molecule has 0 atom stereocenters. The normalized spacial score (nSPS) is 13.0. The lowest BCUT2D eigenvalue weighted by Crippen LogP contribution is -2.03. The Morgan fingerprint density at radius 3 is 2.65 bits per heavy atom. The topological polar surface area (TPSA) is 65.0 Å². The Hall–Kier alpha value is -2.83. The number of methoxy groups -OCH3 is 1. The molecule has 5 nitrogen and oxygen atoms in total. The number of phenolic OH excluding ortho intramolecular Hbond substituents is 1. The first-order valence-corrected chi connectivity index (χ1v) is 6.66. The van der Waals surface area contributed by atoms with Crippen molar-refractivity contribution in [3.63, 3.8) is 0 Å². The second-order valence-corrected chi connectivity index (χ2v) is 4.82. The molecule has 0 fully saturated rings. The van der Waals surface area contributed by atoms with Gasteiger partial charge in [0.2, 0.25) is 5.75 Å². The summed E-state index contributed by atoms with van der Waals surface area (Å²) in [5.41, 5.74) is 2.13. The summed E-state index contributed by atoms with van der Waals surface area (Å²) in [4.78, 5) is 11.4. The van der Waals surface area contributed by atoms with E-state index in [1.54, 1.807) is 18.2 Å². The molecule has 0 amide bonds. The minimum Gasteiger partial charge on any atom is -0.504 e. The second kappa shape index (κ2) is 5.75. The van der Waals surface area contributed by atoms with Crippen LogP contribution in [0.3, 0.4) is 0 Å². The van der Waals surface area contributed by atoms with Crippen molar-refractivity contribution in [3.8, 4) is 28.4 Å². The summed E-state index contributed by atoms with van der Waals surface area (Å²) in [5, 5.41) is 10.3. The van der Waals surface area contributed by atoms with Gasteiger partial charge in [0.15, 0.2) is 11.5 Å². The third-order valence-electron chi connectivity index (χ3n) is 3.51. The molecule has 0 radical (unpaired) electrons. The van der Waals surface area contributed by atoms with Crippen LogP contribution in [0.1, 0.15) is 15.9 Å². The van der Waals surface area contributed by atoms with Gasteiger partial charge >= 0.3 is 12.6 Å². The zero-order valence-corrected chi connectivity index (χ0v) is 12.0. The van der Waals surface area contributed by atoms with E-state index in [9.17, 15) is 18.7 Å². The molecule has 0 bridgehead atoms. The third-order valence-corrected chi connectivity index (χ3v) is 3.51. The quantitative estimate of drug-likeness (QED) is 0.875. The monoisotopic (exact) mass is 322 g/mol. The molecule has 23 heavy (non-hydrogen) atoms. The van der Waals surface area contributed by atoms with Crippen molar-refractivity contribution in [2.45, 2.75) is 13.2 Å². The average Bonchev–Trinajstić information content (AvgIpc) is 2.88. The summed E-state index contributed by atoms with van der Waals surface area (Å²) in [6.07, 6.45) is 0. The van der Waals surface area contributed by atoms with Gasteiger partial charge in [-0.15, -0.1) is 0 Å². The first-order chi connectivity index (χ1) is 11.0. The molecule has 0 saturated heterocycles. The second-order valence-electron chi connectivity index (χ2n) is 4.82. The molecular formula is C16H12F2O5. The zero-order chi connectivity index (χ0) is 16.6. The number of hydrogen-bond acceptors (Lipinski definition) is 5. The highest BCUT2D eigenvalue weighted by Gasteiger charge is 2.23. The number of hydrogen-bond donors (Lipinski definition) is 1. The lowest BCUT2D eigenvalue weighted by atomic mass is 9.99. The predicted molar refractivity (Wildman–Crippen MR) is 75.8 cm³/mol. The van der Waals surface area contributed by atoms with E-state index in [4.69, 9.17) is 9.47 Å². The van der Waals surface area contributed by atoms with Gasteiger partial charge < -0.3 is 19.3 Å². The van der Waals surface area contributed by atoms with Crippen molar-refractivity contribution in [1.29, 1.82) is 0 Å². The minimum atomic E-state index is -3.03. The summed E-state index contributed by atoms with van der Waals surface area (Å²) >= 11 is 0. The van der Waals surface area contributed by atoms with Crippen LogP contribution in [0.4, 0.5) is 8.78 Å². The molecule has 2 aromatic rings. The Morgan fingerprint density at radius 1 is 1.22 bits per heavy atom. The number of carbonyl (C=O) groups excluding carboxylic acids is 1. The van der Waals surface area contributed by atoms with Gasteiger partial charge in [0.25, 0.3) is 0 Å². The van der Waals surface area contributed by atoms with Crippen molar-refractivity contribution in [1.82, 2.24) is 0 Å². The summed E-state index contributed by atoms with van der Waals surface area (Å²) in [7, 11) is 1.24. The third kappa shape index (κ3) is 2.65. The smallest absolute Gasteiger partial charge is 0.387 e. The Bertz CT molecular complexity index is 773. The molecule has 7 heteroatoms. The van der Waals surface area contributed by atoms with Crippen LogP contribution in [0.5, 0.6) is 17.2 Å². The lowest BCUT2D eigenvalue weighted by Gasteiger charge is -2.14. The molecular weight excluding hydrogens is 310 g/mol. The standard InChI is InChI=1S/C16H12F2O5/c1-21-14-12(23-16(17)18)5-4-10(13(14)19)8-2-3-11-9(6-8)7-22-15(11)20/h2-6,16,19H,7H2,1H3. The van der Waals surface area contributed by atoms with Crippen LogP contribution < -0.4 is 9.47 Å². The Balaban J connectivity index is 2.05. The Labute approximate surface area is 130 Å². The zero-order valence-electron chi connectivity index (χ0n) is 12.0. The van der Waals surface area contributed by atoms with E-state index in [-0.39, 0.29) is 23.9 Å². The molecule has 1 aliphatic rings. The number of halogens is 2. The summed E-state index contributed by atoms with van der Waals surface area (Å²) in [6, 6.07) is 7.65. The number of ether oxygens (including phenoxy) is 3. The van der Waals surface area contributed by atoms with Crippen molar-refractivity contribution < 1.29 is 32.9 Å². The van der Waals surface area contributed by atoms with E-state index in [1.165, 1.54) is 19.2 Å². The highest BCUT2D eigenvalue weighted by molar-refractivity contribution is 5.94. The average molecular weight is 322 g/mol. The van der Waals surface area contributed by atoms with Gasteiger partial charge in [-0.3, -0.25) is 0 Å². The van der Waals surface area contributed by atoms with E-state index in [0.29, 0.717) is 22.3 Å². The van der Waals surface area contributed by atoms with Crippen LogP contribution in [-0.4, -0.2) is 24.8 Å². The molecule has 0 spiro atoms. The van der Waals surface area contributed by atoms with Gasteiger partial charge in [0.1, 0.15) is 6.61 Å². The number of esters is 1. The Kier molecular flexibility index (Phi) is 3.77. The van der Waals surface area contributed by atoms with Gasteiger partial charge in [0, 0.05) is 11.1 Å². The molecule has 0 aliphatic carbocycles. The van der Waals surface area contributed by atoms with Crippen LogP contribution in [-0.2, 0) is 11.3 Å². The van der Waals surface area contributed by atoms with Crippen LogP contribution in [0.15, 0.2) is 30.3 Å². The van der Waals surface area contributed by atoms with Gasteiger partial charge in [-0.05, 0) is 29.8 Å². The fraction of sp³-hybridized carbons (Fsp3) is 0.188. The van der Waals surface area contributed by atoms with Crippen molar-refractivity contribution in [3.05, 3.63) is 41.5 Å². The molecule has 0 unspecified atom stereocenters. The predicted octanol–water partition coefficient (Wildman–Crippen LogP) is 3.34. The van der Waals surface area contributed by atoms with Gasteiger partial charge in [0.05, 0.1) is 12.7 Å². The van der Waals surface area contributed by atoms with E-state index in [0.717, 1.165) is 0 Å². The van der Waals surface area contributed by atoms with E-state index < -0.39 is 12.6 Å². The van der Waals surface area contributed by atoms with Crippen LogP contribution in [0.25, 0.3) is 11.1 Å². The molecule has 1 heterocycles. The highest BCUT2D eigenvalue weighted by atomic mass is 19.3. The number of rotatable bonds is 4. The summed E-state index contributed by atoms with van der Waals surface area (Å²) in [5.74, 6) is -1.16. The highest BCUT2D eigenvalue weighted by Crippen LogP contribution is 2.44. The molecule has 3 rings (SSSR count). The van der Waals surface area contributed by atoms with E-state index in [2.05, 4.69) is 4.74 Å². The Morgan fingerprint density at radius 2 is 1.96 bits per heavy atom. The maximum absolute atomic E-state index is 12.4. The lowest BCUT2D eigenvalue weighted by molar-refractivity contribution is -0.0513. The number of phenols is 1. The number of benzene rings is 2. The maximum Gasteiger partial charge on any atom is 0.387 e. The molecule has 120 valence electrons. The van der Waals surface area contributed by atoms with Crippen LogP contribution in [0, 0.1) is 0 Å². The van der Waals surface area contributed by atoms with Gasteiger partial charge in [-0.1, -0.05) is 6.07 Å². The first kappa shape index (κ1) is 15.1. The largest absolute Gasteiger partial charge is 0.504 e. The first-order valence-electron chi connectivity index (χ1n) is 6.66. The number of fused-ring (bicyclic) bond motifs is 1. The summed E-state index contributed by atoms with van der Waals surface area (Å²) < 4.78 is 38.9.